The predicted molar refractivity (Wildman–Crippen MR) is 97.2 cm³/mol. The maximum atomic E-state index is 12.6. The summed E-state index contributed by atoms with van der Waals surface area (Å²) in [6, 6.07) is 4.32. The highest BCUT2D eigenvalue weighted by Crippen LogP contribution is 2.30. The fourth-order valence-electron chi connectivity index (χ4n) is 4.88. The molecule has 0 aliphatic carbocycles. The summed E-state index contributed by atoms with van der Waals surface area (Å²) in [7, 11) is 0. The fourth-order valence-corrected chi connectivity index (χ4v) is 4.88. The lowest BCUT2D eigenvalue weighted by Gasteiger charge is -2.44. The molecule has 3 atom stereocenters. The summed E-state index contributed by atoms with van der Waals surface area (Å²) in [5.41, 5.74) is 0. The number of hydrogen-bond acceptors (Lipinski definition) is 4. The van der Waals surface area contributed by atoms with E-state index in [2.05, 4.69) is 10.2 Å². The van der Waals surface area contributed by atoms with E-state index in [4.69, 9.17) is 4.42 Å². The van der Waals surface area contributed by atoms with Crippen LogP contribution in [-0.4, -0.2) is 53.8 Å². The third kappa shape index (κ3) is 3.80. The number of rotatable bonds is 5. The first-order chi connectivity index (χ1) is 12.7. The van der Waals surface area contributed by atoms with E-state index >= 15 is 0 Å². The molecular formula is C20H29N3O3. The Balaban J connectivity index is 1.27. The molecule has 1 N–H and O–H groups in total. The molecule has 0 spiro atoms. The van der Waals surface area contributed by atoms with Gasteiger partial charge in [0.2, 0.25) is 11.8 Å². The Morgan fingerprint density at radius 3 is 2.96 bits per heavy atom. The first kappa shape index (κ1) is 17.6. The van der Waals surface area contributed by atoms with Gasteiger partial charge in [-0.05, 0) is 56.8 Å². The third-order valence-corrected chi connectivity index (χ3v) is 6.28. The van der Waals surface area contributed by atoms with Crippen LogP contribution >= 0.6 is 0 Å². The summed E-state index contributed by atoms with van der Waals surface area (Å²) in [6.45, 7) is 4.13. The van der Waals surface area contributed by atoms with E-state index in [0.29, 0.717) is 31.5 Å². The van der Waals surface area contributed by atoms with Crippen molar-refractivity contribution in [3.63, 3.8) is 0 Å². The second kappa shape index (κ2) is 7.82. The van der Waals surface area contributed by atoms with Crippen molar-refractivity contribution in [2.24, 2.45) is 11.8 Å². The van der Waals surface area contributed by atoms with Crippen LogP contribution in [0.3, 0.4) is 0 Å². The van der Waals surface area contributed by atoms with Gasteiger partial charge in [-0.1, -0.05) is 6.42 Å². The number of hydrogen-bond donors (Lipinski definition) is 1. The van der Waals surface area contributed by atoms with Crippen molar-refractivity contribution >= 4 is 11.8 Å². The highest BCUT2D eigenvalue weighted by atomic mass is 16.3. The number of carbonyl (C=O) groups is 2. The number of nitrogens with one attached hydrogen (secondary N) is 1. The number of amides is 2. The van der Waals surface area contributed by atoms with Crippen LogP contribution < -0.4 is 5.32 Å². The Labute approximate surface area is 154 Å². The summed E-state index contributed by atoms with van der Waals surface area (Å²) < 4.78 is 5.32. The number of piperidine rings is 2. The lowest BCUT2D eigenvalue weighted by molar-refractivity contribution is -0.129. The van der Waals surface area contributed by atoms with E-state index in [0.717, 1.165) is 12.3 Å². The molecule has 3 fully saturated rings. The van der Waals surface area contributed by atoms with Gasteiger partial charge < -0.3 is 19.5 Å². The summed E-state index contributed by atoms with van der Waals surface area (Å²) in [4.78, 5) is 29.2. The standard InChI is InChI=1S/C20H29N3O3/c24-19-11-16(13-23(19)14-17-6-4-10-26-17)20(25)21-12-15-5-3-9-22-8-2-1-7-18(15)22/h4,6,10,15-16,18H,1-3,5,7-9,11-14H2,(H,21,25)/t15-,16-,18+/m0/s1. The van der Waals surface area contributed by atoms with Gasteiger partial charge in [-0.2, -0.15) is 0 Å². The van der Waals surface area contributed by atoms with Crippen molar-refractivity contribution in [1.29, 1.82) is 0 Å². The molecule has 6 nitrogen and oxygen atoms in total. The second-order valence-electron chi connectivity index (χ2n) is 8.00. The molecule has 3 aliphatic rings. The van der Waals surface area contributed by atoms with Gasteiger partial charge in [-0.3, -0.25) is 9.59 Å². The lowest BCUT2D eigenvalue weighted by atomic mass is 9.83. The lowest BCUT2D eigenvalue weighted by Crippen LogP contribution is -2.51. The van der Waals surface area contributed by atoms with Gasteiger partial charge >= 0.3 is 0 Å². The van der Waals surface area contributed by atoms with Gasteiger partial charge in [0.15, 0.2) is 0 Å². The van der Waals surface area contributed by atoms with Crippen LogP contribution in [0.25, 0.3) is 0 Å². The van der Waals surface area contributed by atoms with E-state index in [1.165, 1.54) is 45.2 Å². The molecule has 2 amide bonds. The van der Waals surface area contributed by atoms with Crippen LogP contribution in [0, 0.1) is 11.8 Å². The SMILES string of the molecule is O=C(NC[C@@H]1CCCN2CCCC[C@H]12)[C@H]1CC(=O)N(Cc2ccco2)C1. The molecule has 4 heterocycles. The molecule has 0 radical (unpaired) electrons. The van der Waals surface area contributed by atoms with Crippen LogP contribution in [0.4, 0.5) is 0 Å². The number of nitrogens with zero attached hydrogens (tertiary/aromatic N) is 2. The summed E-state index contributed by atoms with van der Waals surface area (Å²) in [6.07, 6.45) is 8.24. The molecule has 0 bridgehead atoms. The molecule has 3 saturated heterocycles. The van der Waals surface area contributed by atoms with Gasteiger partial charge in [-0.15, -0.1) is 0 Å². The molecule has 6 heteroatoms. The summed E-state index contributed by atoms with van der Waals surface area (Å²) >= 11 is 0. The molecule has 3 aliphatic heterocycles. The Bertz CT molecular complexity index is 628. The minimum atomic E-state index is -0.233. The van der Waals surface area contributed by atoms with E-state index in [1.54, 1.807) is 11.2 Å². The van der Waals surface area contributed by atoms with Crippen molar-refractivity contribution in [2.75, 3.05) is 26.2 Å². The minimum absolute atomic E-state index is 0.0354. The van der Waals surface area contributed by atoms with E-state index in [1.807, 2.05) is 12.1 Å². The average Bonchev–Trinajstić information content (AvgIpc) is 3.30. The second-order valence-corrected chi connectivity index (χ2v) is 8.00. The first-order valence-electron chi connectivity index (χ1n) is 10.0. The Kier molecular flexibility index (Phi) is 5.29. The fraction of sp³-hybridized carbons (Fsp3) is 0.700. The Morgan fingerprint density at radius 1 is 1.23 bits per heavy atom. The van der Waals surface area contributed by atoms with Gasteiger partial charge in [0, 0.05) is 25.6 Å². The molecule has 0 saturated carbocycles. The van der Waals surface area contributed by atoms with Gasteiger partial charge in [0.25, 0.3) is 0 Å². The van der Waals surface area contributed by atoms with Gasteiger partial charge in [0.05, 0.1) is 18.7 Å². The molecule has 0 aromatic carbocycles. The van der Waals surface area contributed by atoms with Crippen molar-refractivity contribution in [2.45, 2.75) is 51.1 Å². The van der Waals surface area contributed by atoms with Crippen molar-refractivity contribution in [1.82, 2.24) is 15.1 Å². The smallest absolute Gasteiger partial charge is 0.225 e. The monoisotopic (exact) mass is 359 g/mol. The number of likely N-dealkylation sites (tertiary alicyclic amines) is 1. The van der Waals surface area contributed by atoms with Crippen LogP contribution in [0.5, 0.6) is 0 Å². The summed E-state index contributed by atoms with van der Waals surface area (Å²) in [5.74, 6) is 1.16. The van der Waals surface area contributed by atoms with E-state index in [9.17, 15) is 9.59 Å². The van der Waals surface area contributed by atoms with Crippen LogP contribution in [-0.2, 0) is 16.1 Å². The van der Waals surface area contributed by atoms with Crippen molar-refractivity contribution in [3.8, 4) is 0 Å². The van der Waals surface area contributed by atoms with Crippen LogP contribution in [0.1, 0.15) is 44.3 Å². The Morgan fingerprint density at radius 2 is 2.12 bits per heavy atom. The zero-order chi connectivity index (χ0) is 17.9. The minimum Gasteiger partial charge on any atom is -0.467 e. The maximum absolute atomic E-state index is 12.6. The molecule has 142 valence electrons. The maximum Gasteiger partial charge on any atom is 0.225 e. The molecule has 4 rings (SSSR count). The molecule has 1 aromatic heterocycles. The zero-order valence-electron chi connectivity index (χ0n) is 15.4. The largest absolute Gasteiger partial charge is 0.467 e. The Hall–Kier alpha value is -1.82. The molecular weight excluding hydrogens is 330 g/mol. The zero-order valence-corrected chi connectivity index (χ0v) is 15.4. The number of carbonyl (C=O) groups excluding carboxylic acids is 2. The quantitative estimate of drug-likeness (QED) is 0.873. The highest BCUT2D eigenvalue weighted by Gasteiger charge is 2.36. The predicted octanol–water partition coefficient (Wildman–Crippen LogP) is 2.01. The van der Waals surface area contributed by atoms with Crippen LogP contribution in [0.15, 0.2) is 22.8 Å². The molecule has 0 unspecified atom stereocenters. The highest BCUT2D eigenvalue weighted by molar-refractivity contribution is 5.89. The number of furan rings is 1. The number of fused-ring (bicyclic) bond motifs is 1. The van der Waals surface area contributed by atoms with Gasteiger partial charge in [-0.25, -0.2) is 0 Å². The van der Waals surface area contributed by atoms with Crippen molar-refractivity contribution in [3.05, 3.63) is 24.2 Å². The summed E-state index contributed by atoms with van der Waals surface area (Å²) in [5, 5.41) is 3.16. The van der Waals surface area contributed by atoms with Gasteiger partial charge in [0.1, 0.15) is 5.76 Å². The normalized spacial score (nSPS) is 29.6. The van der Waals surface area contributed by atoms with Crippen LogP contribution in [0.2, 0.25) is 0 Å². The average molecular weight is 359 g/mol. The third-order valence-electron chi connectivity index (χ3n) is 6.28. The first-order valence-corrected chi connectivity index (χ1v) is 10.0. The van der Waals surface area contributed by atoms with Crippen molar-refractivity contribution < 1.29 is 14.0 Å². The molecule has 26 heavy (non-hydrogen) atoms. The molecule has 1 aromatic rings. The van der Waals surface area contributed by atoms with E-state index < -0.39 is 0 Å². The topological polar surface area (TPSA) is 65.8 Å². The van der Waals surface area contributed by atoms with E-state index in [-0.39, 0.29) is 17.7 Å².